The van der Waals surface area contributed by atoms with Gasteiger partial charge in [-0.15, -0.1) is 0 Å². The largest absolute Gasteiger partial charge is 0.383 e. The number of sulfonamides is 1. The van der Waals surface area contributed by atoms with E-state index in [1.807, 2.05) is 0 Å². The number of nitrogens with one attached hydrogen (secondary N) is 1. The van der Waals surface area contributed by atoms with Gasteiger partial charge in [-0.25, -0.2) is 12.8 Å². The summed E-state index contributed by atoms with van der Waals surface area (Å²) in [6.07, 6.45) is 0. The fourth-order valence-electron chi connectivity index (χ4n) is 1.49. The van der Waals surface area contributed by atoms with Crippen molar-refractivity contribution in [3.8, 4) is 0 Å². The smallest absolute Gasteiger partial charge is 0.246 e. The van der Waals surface area contributed by atoms with E-state index in [0.717, 1.165) is 16.4 Å². The Morgan fingerprint density at radius 2 is 2.14 bits per heavy atom. The first-order chi connectivity index (χ1) is 9.78. The van der Waals surface area contributed by atoms with Crippen LogP contribution in [0.3, 0.4) is 0 Å². The minimum Gasteiger partial charge on any atom is -0.383 e. The molecule has 0 radical (unpaired) electrons. The van der Waals surface area contributed by atoms with E-state index in [0.29, 0.717) is 11.1 Å². The quantitative estimate of drug-likeness (QED) is 0.713. The van der Waals surface area contributed by atoms with Gasteiger partial charge in [0.25, 0.3) is 0 Å². The molecular formula is C12H16BrFN2O4S. The molecule has 21 heavy (non-hydrogen) atoms. The Morgan fingerprint density at radius 1 is 1.48 bits per heavy atom. The Hall–Kier alpha value is -1.03. The summed E-state index contributed by atoms with van der Waals surface area (Å²) in [5, 5.41) is 2.49. The van der Waals surface area contributed by atoms with Gasteiger partial charge < -0.3 is 10.1 Å². The molecule has 0 heterocycles. The molecule has 0 fully saturated rings. The minimum atomic E-state index is -4.07. The van der Waals surface area contributed by atoms with Gasteiger partial charge >= 0.3 is 0 Å². The van der Waals surface area contributed by atoms with E-state index in [4.69, 9.17) is 4.74 Å². The Balaban J connectivity index is 2.80. The average Bonchev–Trinajstić information content (AvgIpc) is 2.38. The number of carbonyl (C=O) groups is 1. The lowest BCUT2D eigenvalue weighted by Gasteiger charge is -2.17. The van der Waals surface area contributed by atoms with Crippen LogP contribution in [0.25, 0.3) is 0 Å². The molecule has 9 heteroatoms. The lowest BCUT2D eigenvalue weighted by Crippen LogP contribution is -2.39. The van der Waals surface area contributed by atoms with Gasteiger partial charge in [-0.05, 0) is 18.2 Å². The Labute approximate surface area is 131 Å². The number of methoxy groups -OCH3 is 1. The van der Waals surface area contributed by atoms with Crippen LogP contribution in [0.4, 0.5) is 4.39 Å². The maximum absolute atomic E-state index is 13.7. The van der Waals surface area contributed by atoms with Gasteiger partial charge in [0, 0.05) is 25.2 Å². The molecule has 0 bridgehead atoms. The number of benzene rings is 1. The van der Waals surface area contributed by atoms with Crippen LogP contribution in [0.2, 0.25) is 0 Å². The summed E-state index contributed by atoms with van der Waals surface area (Å²) in [6.45, 7) is 0.195. The van der Waals surface area contributed by atoms with Gasteiger partial charge in [-0.3, -0.25) is 4.79 Å². The summed E-state index contributed by atoms with van der Waals surface area (Å²) in [4.78, 5) is 11.1. The fourth-order valence-corrected chi connectivity index (χ4v) is 2.99. The zero-order valence-electron chi connectivity index (χ0n) is 11.6. The standard InChI is InChI=1S/C12H16BrFN2O4S/c1-16(8-12(17)15-5-6-20-2)21(18,19)11-4-3-9(13)7-10(11)14/h3-4,7H,5-6,8H2,1-2H3,(H,15,17). The highest BCUT2D eigenvalue weighted by atomic mass is 79.9. The molecule has 0 aliphatic rings. The van der Waals surface area contributed by atoms with E-state index in [9.17, 15) is 17.6 Å². The second kappa shape index (κ2) is 7.83. The number of ether oxygens (including phenoxy) is 1. The van der Waals surface area contributed by atoms with Crippen molar-refractivity contribution < 1.29 is 22.3 Å². The number of nitrogens with zero attached hydrogens (tertiary/aromatic N) is 1. The maximum Gasteiger partial charge on any atom is 0.246 e. The van der Waals surface area contributed by atoms with Crippen molar-refractivity contribution in [3.63, 3.8) is 0 Å². The van der Waals surface area contributed by atoms with Crippen LogP contribution in [-0.4, -0.2) is 52.5 Å². The molecule has 0 aliphatic carbocycles. The summed E-state index contributed by atoms with van der Waals surface area (Å²) in [5.41, 5.74) is 0. The predicted molar refractivity (Wildman–Crippen MR) is 78.8 cm³/mol. The van der Waals surface area contributed by atoms with Gasteiger partial charge in [-0.2, -0.15) is 4.31 Å². The molecule has 0 spiro atoms. The number of halogens is 2. The molecule has 1 N–H and O–H groups in total. The van der Waals surface area contributed by atoms with E-state index < -0.39 is 33.2 Å². The molecule has 1 aromatic carbocycles. The molecule has 118 valence electrons. The molecule has 1 rings (SSSR count). The van der Waals surface area contributed by atoms with E-state index in [1.54, 1.807) is 0 Å². The molecule has 1 amide bonds. The molecule has 0 atom stereocenters. The fraction of sp³-hybridized carbons (Fsp3) is 0.417. The van der Waals surface area contributed by atoms with Crippen molar-refractivity contribution in [1.29, 1.82) is 0 Å². The summed E-state index contributed by atoms with van der Waals surface area (Å²) in [5.74, 6) is -1.37. The third-order valence-corrected chi connectivity index (χ3v) is 4.91. The van der Waals surface area contributed by atoms with Crippen LogP contribution >= 0.6 is 15.9 Å². The van der Waals surface area contributed by atoms with Crippen molar-refractivity contribution in [2.75, 3.05) is 33.9 Å². The SMILES string of the molecule is COCCNC(=O)CN(C)S(=O)(=O)c1ccc(Br)cc1F. The first-order valence-corrected chi connectivity index (χ1v) is 8.19. The van der Waals surface area contributed by atoms with Crippen molar-refractivity contribution in [2.45, 2.75) is 4.90 Å². The van der Waals surface area contributed by atoms with E-state index in [-0.39, 0.29) is 6.54 Å². The average molecular weight is 383 g/mol. The Kier molecular flexibility index (Phi) is 6.72. The first kappa shape index (κ1) is 18.0. The second-order valence-electron chi connectivity index (χ2n) is 4.18. The van der Waals surface area contributed by atoms with Crippen molar-refractivity contribution >= 4 is 31.9 Å². The monoisotopic (exact) mass is 382 g/mol. The number of hydrogen-bond acceptors (Lipinski definition) is 4. The highest BCUT2D eigenvalue weighted by Gasteiger charge is 2.26. The number of carbonyl (C=O) groups excluding carboxylic acids is 1. The first-order valence-electron chi connectivity index (χ1n) is 5.96. The van der Waals surface area contributed by atoms with Crippen LogP contribution in [-0.2, 0) is 19.6 Å². The van der Waals surface area contributed by atoms with Crippen LogP contribution in [0, 0.1) is 5.82 Å². The molecule has 0 aliphatic heterocycles. The van der Waals surface area contributed by atoms with Crippen molar-refractivity contribution in [1.82, 2.24) is 9.62 Å². The highest BCUT2D eigenvalue weighted by Crippen LogP contribution is 2.21. The minimum absolute atomic E-state index is 0.274. The van der Waals surface area contributed by atoms with Crippen LogP contribution < -0.4 is 5.32 Å². The third kappa shape index (κ3) is 5.03. The lowest BCUT2D eigenvalue weighted by atomic mass is 10.3. The summed E-state index contributed by atoms with van der Waals surface area (Å²) < 4.78 is 44.1. The number of likely N-dealkylation sites (N-methyl/N-ethyl adjacent to an activating group) is 1. The second-order valence-corrected chi connectivity index (χ2v) is 7.11. The topological polar surface area (TPSA) is 75.7 Å². The predicted octanol–water partition coefficient (Wildman–Crippen LogP) is 0.971. The van der Waals surface area contributed by atoms with Crippen LogP contribution in [0.5, 0.6) is 0 Å². The summed E-state index contributed by atoms with van der Waals surface area (Å²) in [7, 11) is -1.37. The van der Waals surface area contributed by atoms with E-state index in [1.165, 1.54) is 20.2 Å². The van der Waals surface area contributed by atoms with Crippen molar-refractivity contribution in [2.24, 2.45) is 0 Å². The summed E-state index contributed by atoms with van der Waals surface area (Å²) >= 11 is 3.05. The summed E-state index contributed by atoms with van der Waals surface area (Å²) in [6, 6.07) is 3.62. The molecule has 0 aromatic heterocycles. The third-order valence-electron chi connectivity index (χ3n) is 2.58. The van der Waals surface area contributed by atoms with Gasteiger partial charge in [0.2, 0.25) is 15.9 Å². The molecular weight excluding hydrogens is 367 g/mol. The van der Waals surface area contributed by atoms with Gasteiger partial charge in [0.15, 0.2) is 0 Å². The molecule has 6 nitrogen and oxygen atoms in total. The normalized spacial score (nSPS) is 11.7. The zero-order valence-corrected chi connectivity index (χ0v) is 14.0. The van der Waals surface area contributed by atoms with Gasteiger partial charge in [0.1, 0.15) is 10.7 Å². The molecule has 1 aromatic rings. The van der Waals surface area contributed by atoms with Gasteiger partial charge in [0.05, 0.1) is 13.2 Å². The molecule has 0 unspecified atom stereocenters. The van der Waals surface area contributed by atoms with E-state index >= 15 is 0 Å². The Morgan fingerprint density at radius 3 is 2.71 bits per heavy atom. The number of rotatable bonds is 7. The zero-order chi connectivity index (χ0) is 16.0. The lowest BCUT2D eigenvalue weighted by molar-refractivity contribution is -0.121. The molecule has 0 saturated carbocycles. The highest BCUT2D eigenvalue weighted by molar-refractivity contribution is 9.10. The van der Waals surface area contributed by atoms with Gasteiger partial charge in [-0.1, -0.05) is 15.9 Å². The maximum atomic E-state index is 13.7. The Bertz CT molecular complexity index is 609. The molecule has 0 saturated heterocycles. The van der Waals surface area contributed by atoms with Crippen LogP contribution in [0.1, 0.15) is 0 Å². The number of hydrogen-bond donors (Lipinski definition) is 1. The number of amides is 1. The van der Waals surface area contributed by atoms with Crippen molar-refractivity contribution in [3.05, 3.63) is 28.5 Å². The van der Waals surface area contributed by atoms with Crippen LogP contribution in [0.15, 0.2) is 27.6 Å². The van der Waals surface area contributed by atoms with E-state index in [2.05, 4.69) is 21.2 Å².